The van der Waals surface area contributed by atoms with Gasteiger partial charge in [-0.05, 0) is 102 Å². The van der Waals surface area contributed by atoms with Crippen molar-refractivity contribution in [3.8, 4) is 23.1 Å². The summed E-state index contributed by atoms with van der Waals surface area (Å²) >= 11 is 0. The molecule has 0 radical (unpaired) electrons. The average molecular weight is 1230 g/mol. The Bertz CT molecular complexity index is 4120. The number of ether oxygens (including phenoxy) is 1. The van der Waals surface area contributed by atoms with Crippen LogP contribution in [0.1, 0.15) is 28.1 Å². The van der Waals surface area contributed by atoms with E-state index in [0.717, 1.165) is 43.1 Å². The predicted octanol–water partition coefficient (Wildman–Crippen LogP) is 16.1. The Kier molecular flexibility index (Phi) is 14.1. The summed E-state index contributed by atoms with van der Waals surface area (Å²) in [5, 5.41) is 51.8. The Morgan fingerprint density at radius 1 is 0.468 bits per heavy atom. The summed E-state index contributed by atoms with van der Waals surface area (Å²) in [7, 11) is 0. The topological polar surface area (TPSA) is 140 Å². The number of aliphatic hydroxyl groups excluding tert-OH is 2. The van der Waals surface area contributed by atoms with E-state index < -0.39 is 52.9 Å². The van der Waals surface area contributed by atoms with Gasteiger partial charge < -0.3 is 19.4 Å². The van der Waals surface area contributed by atoms with E-state index in [1.165, 1.54) is 6.07 Å². The van der Waals surface area contributed by atoms with Crippen LogP contribution in [0.15, 0.2) is 162 Å². The zero-order chi connectivity index (χ0) is 53.7. The van der Waals surface area contributed by atoms with Crippen LogP contribution in [0, 0.1) is 19.2 Å². The molecule has 0 spiro atoms. The van der Waals surface area contributed by atoms with Crippen molar-refractivity contribution < 1.29 is 79.0 Å². The van der Waals surface area contributed by atoms with E-state index in [0.29, 0.717) is 33.1 Å². The standard InChI is InChI=1S/C29H12F9N2O2.2C14H9N2O.Ir/c30-27(31,32)19-12-21(29(36,37)38)23(13-20(19)28(33,34)35)42-26-18-10-15-6-2-1-5-14(15)9-17(18)25(39-40-26)24-11-16-7-3-4-8-22(16)41-24;2*1-9(17)14-13-7-11-5-3-2-4-10(11)6-12(13)8-15-16-14;/h1-10,12-13H;2*1-8,17H;/q3*-1;+3. The average Bonchev–Trinajstić information content (AvgIpc) is 3.84. The Labute approximate surface area is 441 Å². The van der Waals surface area contributed by atoms with Crippen molar-refractivity contribution >= 4 is 87.1 Å². The van der Waals surface area contributed by atoms with Crippen LogP contribution < -0.4 is 4.74 Å². The van der Waals surface area contributed by atoms with Crippen molar-refractivity contribution in [2.24, 2.45) is 0 Å². The number of hydrogen-bond acceptors (Lipinski definition) is 10. The number of alkyl halides is 9. The fourth-order valence-corrected chi connectivity index (χ4v) is 8.47. The minimum absolute atomic E-state index is 0. The summed E-state index contributed by atoms with van der Waals surface area (Å²) in [6.45, 7) is 10.8. The molecular weight excluding hydrogens is 1200 g/mol. The summed E-state index contributed by atoms with van der Waals surface area (Å²) in [5.74, 6) is -2.71. The van der Waals surface area contributed by atoms with Gasteiger partial charge in [0.1, 0.15) is 5.75 Å². The minimum Gasteiger partial charge on any atom is -0.544 e. The maximum Gasteiger partial charge on any atom is 3.00 e. The van der Waals surface area contributed by atoms with E-state index in [2.05, 4.69) is 36.7 Å². The van der Waals surface area contributed by atoms with Crippen LogP contribution in [0.5, 0.6) is 11.6 Å². The van der Waals surface area contributed by atoms with Crippen molar-refractivity contribution in [1.29, 1.82) is 0 Å². The summed E-state index contributed by atoms with van der Waals surface area (Å²) in [6.07, 6.45) is -13.6. The first-order valence-electron chi connectivity index (χ1n) is 22.3. The molecule has 2 N–H and O–H groups in total. The number of furan rings is 1. The maximum absolute atomic E-state index is 13.9. The van der Waals surface area contributed by atoms with Crippen LogP contribution in [0.3, 0.4) is 0 Å². The van der Waals surface area contributed by atoms with Crippen molar-refractivity contribution in [2.45, 2.75) is 18.5 Å². The van der Waals surface area contributed by atoms with Crippen LogP contribution in [-0.2, 0) is 38.6 Å². The fraction of sp³-hybridized carbons (Fsp3) is 0.0526. The second-order valence-corrected chi connectivity index (χ2v) is 16.9. The molecule has 0 saturated heterocycles. The van der Waals surface area contributed by atoms with Crippen LogP contribution in [0.2, 0.25) is 0 Å². The van der Waals surface area contributed by atoms with Gasteiger partial charge in [0.25, 0.3) is 0 Å². The van der Waals surface area contributed by atoms with Crippen LogP contribution in [-0.4, -0.2) is 40.8 Å². The van der Waals surface area contributed by atoms with E-state index in [9.17, 15) is 49.7 Å². The van der Waals surface area contributed by atoms with E-state index >= 15 is 0 Å². The predicted molar refractivity (Wildman–Crippen MR) is 267 cm³/mol. The third-order valence-electron chi connectivity index (χ3n) is 12.0. The molecular formula is C57H30F9IrN6O4. The number of nitrogens with zero attached hydrogens (tertiary/aromatic N) is 6. The Morgan fingerprint density at radius 2 is 0.883 bits per heavy atom. The molecule has 4 heterocycles. The van der Waals surface area contributed by atoms with Gasteiger partial charge in [0.15, 0.2) is 0 Å². The van der Waals surface area contributed by atoms with Gasteiger partial charge in [-0.25, -0.2) is 23.4 Å². The molecule has 4 aromatic heterocycles. The van der Waals surface area contributed by atoms with Gasteiger partial charge in [-0.15, -0.1) is 22.6 Å². The Balaban J connectivity index is 0.000000168. The first kappa shape index (κ1) is 52.8. The normalized spacial score (nSPS) is 11.8. The Morgan fingerprint density at radius 3 is 1.34 bits per heavy atom. The van der Waals surface area contributed by atoms with Crippen LogP contribution >= 0.6 is 0 Å². The quantitative estimate of drug-likeness (QED) is 0.0741. The molecule has 0 aliphatic heterocycles. The van der Waals surface area contributed by atoms with Crippen molar-refractivity contribution in [3.05, 3.63) is 205 Å². The number of rotatable bonds is 5. The largest absolute Gasteiger partial charge is 3.00 e. The molecule has 384 valence electrons. The molecule has 0 bridgehead atoms. The van der Waals surface area contributed by atoms with E-state index in [4.69, 9.17) is 22.3 Å². The molecule has 77 heavy (non-hydrogen) atoms. The van der Waals surface area contributed by atoms with Crippen LogP contribution in [0.25, 0.3) is 98.6 Å². The molecule has 0 amide bonds. The SMILES string of the molecule is FC(F)(F)c1cc(C(F)(F)F)c(C(F)(F)F)cc1Oc1nnc(-c2[c-]c3ccccc3o2)c2cc3ccccc3cc12.[CH-]=C(O)c1nncc2cc3ccccc3cc12.[CH-]=C(O)c1nncc2cc3ccccc3cc12.[Ir+3]. The second-order valence-electron chi connectivity index (χ2n) is 16.9. The number of aromatic nitrogens is 6. The number of aliphatic hydroxyl groups is 2. The van der Waals surface area contributed by atoms with Gasteiger partial charge in [-0.1, -0.05) is 120 Å². The van der Waals surface area contributed by atoms with Gasteiger partial charge >= 0.3 is 38.6 Å². The van der Waals surface area contributed by atoms with Crippen molar-refractivity contribution in [1.82, 2.24) is 30.6 Å². The van der Waals surface area contributed by atoms with E-state index in [1.54, 1.807) is 67.0 Å². The van der Waals surface area contributed by atoms with Gasteiger partial charge in [0.05, 0.1) is 40.5 Å². The van der Waals surface area contributed by atoms with E-state index in [-0.39, 0.29) is 59.9 Å². The molecule has 8 aromatic carbocycles. The molecule has 20 heteroatoms. The smallest absolute Gasteiger partial charge is 0.544 e. The molecule has 0 aliphatic rings. The molecule has 0 fully saturated rings. The van der Waals surface area contributed by atoms with Gasteiger partial charge in [0, 0.05) is 11.0 Å². The van der Waals surface area contributed by atoms with Crippen LogP contribution in [0.4, 0.5) is 39.5 Å². The third kappa shape index (κ3) is 10.8. The van der Waals surface area contributed by atoms with Crippen molar-refractivity contribution in [3.63, 3.8) is 0 Å². The third-order valence-corrected chi connectivity index (χ3v) is 12.0. The number of benzene rings is 8. The monoisotopic (exact) mass is 1230 g/mol. The Hall–Kier alpha value is -9.00. The molecule has 12 aromatic rings. The first-order valence-corrected chi connectivity index (χ1v) is 22.3. The summed E-state index contributed by atoms with van der Waals surface area (Å²) < 4.78 is 134. The zero-order valence-corrected chi connectivity index (χ0v) is 41.2. The second kappa shape index (κ2) is 20.6. The maximum atomic E-state index is 13.9. The number of fused-ring (bicyclic) bond motifs is 7. The first-order chi connectivity index (χ1) is 36.2. The molecule has 0 saturated carbocycles. The van der Waals surface area contributed by atoms with Crippen molar-refractivity contribution in [2.75, 3.05) is 0 Å². The van der Waals surface area contributed by atoms with Gasteiger partial charge in [-0.2, -0.15) is 54.8 Å². The van der Waals surface area contributed by atoms with Gasteiger partial charge in [-0.3, -0.25) is 0 Å². The van der Waals surface area contributed by atoms with Gasteiger partial charge in [0.2, 0.25) is 5.88 Å². The molecule has 10 nitrogen and oxygen atoms in total. The summed E-state index contributed by atoms with van der Waals surface area (Å²) in [6, 6.07) is 42.6. The summed E-state index contributed by atoms with van der Waals surface area (Å²) in [4.78, 5) is 0. The number of hydrogen-bond donors (Lipinski definition) is 2. The van der Waals surface area contributed by atoms with E-state index in [1.807, 2.05) is 72.8 Å². The molecule has 12 rings (SSSR count). The summed E-state index contributed by atoms with van der Waals surface area (Å²) in [5.41, 5.74) is -5.74. The minimum atomic E-state index is -5.74. The molecule has 0 atom stereocenters. The number of halogens is 9. The molecule has 0 aliphatic carbocycles. The zero-order valence-electron chi connectivity index (χ0n) is 38.8. The number of para-hydroxylation sites is 1. The molecule has 0 unspecified atom stereocenters. The fourth-order valence-electron chi connectivity index (χ4n) is 8.47.